The molecule has 0 aliphatic rings. The fraction of sp³-hybridized carbons (Fsp3) is 0.200. The topological polar surface area (TPSA) is 66.4 Å². The van der Waals surface area contributed by atoms with Crippen LogP contribution in [0.2, 0.25) is 0 Å². The molecule has 19 heavy (non-hydrogen) atoms. The van der Waals surface area contributed by atoms with E-state index < -0.39 is 41.3 Å². The summed E-state index contributed by atoms with van der Waals surface area (Å²) in [6.45, 7) is 0. The molecule has 1 rings (SSSR count). The van der Waals surface area contributed by atoms with Crippen molar-refractivity contribution in [3.05, 3.63) is 29.3 Å². The third kappa shape index (κ3) is 3.90. The van der Waals surface area contributed by atoms with Crippen molar-refractivity contribution < 1.29 is 36.6 Å². The van der Waals surface area contributed by atoms with Gasteiger partial charge >= 0.3 is 18.6 Å². The summed E-state index contributed by atoms with van der Waals surface area (Å²) in [5.41, 5.74) is -2.81. The van der Waals surface area contributed by atoms with Crippen molar-refractivity contribution in [1.82, 2.24) is 0 Å². The fourth-order valence-corrected chi connectivity index (χ4v) is 1.18. The quantitative estimate of drug-likeness (QED) is 0.838. The van der Waals surface area contributed by atoms with E-state index in [1.54, 1.807) is 0 Å². The van der Waals surface area contributed by atoms with Crippen LogP contribution in [0.15, 0.2) is 18.2 Å². The van der Waals surface area contributed by atoms with E-state index in [1.807, 2.05) is 0 Å². The van der Waals surface area contributed by atoms with Crippen LogP contribution in [0.4, 0.5) is 27.6 Å². The van der Waals surface area contributed by atoms with Gasteiger partial charge < -0.3 is 10.4 Å². The molecule has 0 saturated carbocycles. The molecule has 1 aromatic carbocycles. The standard InChI is InChI=1S/C10H6F5NO3/c11-7(12)8(17)16-6-2-4(9(18)19)1-5(3-6)10(13,14)15/h1-3,7H,(H,16,17)(H,18,19). The van der Waals surface area contributed by atoms with Crippen LogP contribution in [0.3, 0.4) is 0 Å². The summed E-state index contributed by atoms with van der Waals surface area (Å²) in [5, 5.41) is 10.1. The molecule has 0 aliphatic carbocycles. The maximum atomic E-state index is 12.5. The summed E-state index contributed by atoms with van der Waals surface area (Å²) in [4.78, 5) is 21.3. The number of carbonyl (C=O) groups excluding carboxylic acids is 1. The van der Waals surface area contributed by atoms with Crippen molar-refractivity contribution >= 4 is 17.6 Å². The lowest BCUT2D eigenvalue weighted by Crippen LogP contribution is -2.21. The van der Waals surface area contributed by atoms with Crippen molar-refractivity contribution in [2.45, 2.75) is 12.6 Å². The number of nitrogens with one attached hydrogen (secondary N) is 1. The smallest absolute Gasteiger partial charge is 0.416 e. The molecule has 0 unspecified atom stereocenters. The summed E-state index contributed by atoms with van der Waals surface area (Å²) in [6.07, 6.45) is -8.29. The molecular formula is C10H6F5NO3. The Hall–Kier alpha value is -2.19. The van der Waals surface area contributed by atoms with Gasteiger partial charge in [0.25, 0.3) is 5.91 Å². The molecule has 0 aromatic heterocycles. The highest BCUT2D eigenvalue weighted by atomic mass is 19.4. The maximum absolute atomic E-state index is 12.5. The first-order chi connectivity index (χ1) is 8.61. The number of carbonyl (C=O) groups is 2. The molecular weight excluding hydrogens is 277 g/mol. The Morgan fingerprint density at radius 2 is 1.74 bits per heavy atom. The van der Waals surface area contributed by atoms with Crippen LogP contribution in [-0.4, -0.2) is 23.4 Å². The number of hydrogen-bond donors (Lipinski definition) is 2. The summed E-state index contributed by atoms with van der Waals surface area (Å²) in [7, 11) is 0. The molecule has 0 saturated heterocycles. The molecule has 104 valence electrons. The Morgan fingerprint density at radius 3 is 2.16 bits per heavy atom. The molecule has 2 N–H and O–H groups in total. The number of benzene rings is 1. The molecule has 9 heteroatoms. The Kier molecular flexibility index (Phi) is 4.07. The molecule has 0 fully saturated rings. The normalized spacial score (nSPS) is 11.5. The SMILES string of the molecule is O=C(O)c1cc(NC(=O)C(F)F)cc(C(F)(F)F)c1. The van der Waals surface area contributed by atoms with Crippen LogP contribution in [0, 0.1) is 0 Å². The van der Waals surface area contributed by atoms with Gasteiger partial charge in [-0.1, -0.05) is 0 Å². The third-order valence-corrected chi connectivity index (χ3v) is 1.97. The minimum absolute atomic E-state index is 0.334. The monoisotopic (exact) mass is 283 g/mol. The van der Waals surface area contributed by atoms with Gasteiger partial charge in [-0.3, -0.25) is 4.79 Å². The predicted octanol–water partition coefficient (Wildman–Crippen LogP) is 2.61. The highest BCUT2D eigenvalue weighted by Gasteiger charge is 2.32. The number of carboxylic acids is 1. The van der Waals surface area contributed by atoms with Crippen LogP contribution >= 0.6 is 0 Å². The number of rotatable bonds is 3. The summed E-state index contributed by atoms with van der Waals surface area (Å²) >= 11 is 0. The van der Waals surface area contributed by atoms with E-state index in [2.05, 4.69) is 0 Å². The van der Waals surface area contributed by atoms with Gasteiger partial charge in [0.05, 0.1) is 11.1 Å². The van der Waals surface area contributed by atoms with Gasteiger partial charge in [-0.15, -0.1) is 0 Å². The van der Waals surface area contributed by atoms with E-state index in [4.69, 9.17) is 5.11 Å². The predicted molar refractivity (Wildman–Crippen MR) is 53.0 cm³/mol. The first-order valence-corrected chi connectivity index (χ1v) is 4.66. The van der Waals surface area contributed by atoms with Gasteiger partial charge in [-0.05, 0) is 18.2 Å². The summed E-state index contributed by atoms with van der Waals surface area (Å²) in [6, 6.07) is 1.35. The number of hydrogen-bond acceptors (Lipinski definition) is 2. The minimum Gasteiger partial charge on any atom is -0.478 e. The first kappa shape index (κ1) is 14.9. The highest BCUT2D eigenvalue weighted by Crippen LogP contribution is 2.32. The van der Waals surface area contributed by atoms with Crippen LogP contribution < -0.4 is 5.32 Å². The van der Waals surface area contributed by atoms with E-state index in [9.17, 15) is 31.5 Å². The lowest BCUT2D eigenvalue weighted by atomic mass is 10.1. The molecule has 1 amide bonds. The second kappa shape index (κ2) is 5.21. The first-order valence-electron chi connectivity index (χ1n) is 4.66. The summed E-state index contributed by atoms with van der Waals surface area (Å²) in [5.74, 6) is -3.51. The van der Waals surface area contributed by atoms with Crippen LogP contribution in [0.5, 0.6) is 0 Å². The molecule has 0 aliphatic heterocycles. The highest BCUT2D eigenvalue weighted by molar-refractivity contribution is 5.95. The third-order valence-electron chi connectivity index (χ3n) is 1.97. The lowest BCUT2D eigenvalue weighted by Gasteiger charge is -2.11. The van der Waals surface area contributed by atoms with Gasteiger partial charge in [-0.25, -0.2) is 4.79 Å². The molecule has 4 nitrogen and oxygen atoms in total. The van der Waals surface area contributed by atoms with Crippen molar-refractivity contribution in [1.29, 1.82) is 0 Å². The second-order valence-electron chi connectivity index (χ2n) is 3.39. The number of alkyl halides is 5. The zero-order valence-electron chi connectivity index (χ0n) is 8.96. The van der Waals surface area contributed by atoms with Crippen LogP contribution in [0.1, 0.15) is 15.9 Å². The van der Waals surface area contributed by atoms with Crippen molar-refractivity contribution in [2.75, 3.05) is 5.32 Å². The molecule has 0 heterocycles. The van der Waals surface area contributed by atoms with Crippen molar-refractivity contribution in [2.24, 2.45) is 0 Å². The van der Waals surface area contributed by atoms with E-state index in [0.29, 0.717) is 18.2 Å². The molecule has 0 spiro atoms. The van der Waals surface area contributed by atoms with Gasteiger partial charge in [0.15, 0.2) is 0 Å². The average molecular weight is 283 g/mol. The number of amides is 1. The summed E-state index contributed by atoms with van der Waals surface area (Å²) < 4.78 is 61.3. The lowest BCUT2D eigenvalue weighted by molar-refractivity contribution is -0.137. The van der Waals surface area contributed by atoms with Crippen LogP contribution in [-0.2, 0) is 11.0 Å². The maximum Gasteiger partial charge on any atom is 0.416 e. The van der Waals surface area contributed by atoms with Gasteiger partial charge in [0.2, 0.25) is 0 Å². The fourth-order valence-electron chi connectivity index (χ4n) is 1.18. The van der Waals surface area contributed by atoms with E-state index in [0.717, 1.165) is 0 Å². The Balaban J connectivity index is 3.21. The Labute approximate surface area is 102 Å². The molecule has 1 aromatic rings. The van der Waals surface area contributed by atoms with E-state index >= 15 is 0 Å². The zero-order valence-corrected chi connectivity index (χ0v) is 8.96. The Bertz CT molecular complexity index is 512. The average Bonchev–Trinajstić information content (AvgIpc) is 2.27. The van der Waals surface area contributed by atoms with E-state index in [-0.39, 0.29) is 0 Å². The second-order valence-corrected chi connectivity index (χ2v) is 3.39. The zero-order chi connectivity index (χ0) is 14.8. The van der Waals surface area contributed by atoms with Gasteiger partial charge in [0.1, 0.15) is 0 Å². The Morgan fingerprint density at radius 1 is 1.16 bits per heavy atom. The number of halogens is 5. The van der Waals surface area contributed by atoms with Crippen LogP contribution in [0.25, 0.3) is 0 Å². The molecule has 0 atom stereocenters. The number of anilines is 1. The van der Waals surface area contributed by atoms with Gasteiger partial charge in [-0.2, -0.15) is 22.0 Å². The molecule has 0 bridgehead atoms. The van der Waals surface area contributed by atoms with Crippen molar-refractivity contribution in [3.63, 3.8) is 0 Å². The number of aromatic carboxylic acids is 1. The molecule has 0 radical (unpaired) electrons. The van der Waals surface area contributed by atoms with E-state index in [1.165, 1.54) is 5.32 Å². The largest absolute Gasteiger partial charge is 0.478 e. The minimum atomic E-state index is -4.87. The van der Waals surface area contributed by atoms with Crippen molar-refractivity contribution in [3.8, 4) is 0 Å². The van der Waals surface area contributed by atoms with Gasteiger partial charge in [0, 0.05) is 5.69 Å². The number of carboxylic acid groups (broad SMARTS) is 1.